The molecule has 2 rings (SSSR count). The molecule has 114 valence electrons. The molecule has 0 saturated carbocycles. The van der Waals surface area contributed by atoms with Gasteiger partial charge in [-0.15, -0.1) is 12.4 Å². The zero-order valence-electron chi connectivity index (χ0n) is 11.5. The van der Waals surface area contributed by atoms with Crippen LogP contribution in [0.3, 0.4) is 0 Å². The smallest absolute Gasteiger partial charge is 0.142 e. The lowest BCUT2D eigenvalue weighted by atomic mass is 9.98. The van der Waals surface area contributed by atoms with Gasteiger partial charge < -0.3 is 10.5 Å². The third kappa shape index (κ3) is 4.30. The number of methoxy groups -OCH3 is 1. The fourth-order valence-electron chi connectivity index (χ4n) is 2.60. The molecule has 1 aromatic rings. The van der Waals surface area contributed by atoms with E-state index in [-0.39, 0.29) is 35.4 Å². The van der Waals surface area contributed by atoms with Gasteiger partial charge >= 0.3 is 0 Å². The van der Waals surface area contributed by atoms with Gasteiger partial charge in [-0.3, -0.25) is 4.90 Å². The first-order valence-corrected chi connectivity index (χ1v) is 6.92. The Balaban J connectivity index is 0.00000200. The van der Waals surface area contributed by atoms with Crippen LogP contribution >= 0.6 is 24.0 Å². The van der Waals surface area contributed by atoms with Crippen LogP contribution in [0.5, 0.6) is 0 Å². The Morgan fingerprint density at radius 3 is 2.85 bits per heavy atom. The second-order valence-corrected chi connectivity index (χ2v) is 5.40. The minimum atomic E-state index is -0.366. The van der Waals surface area contributed by atoms with Crippen LogP contribution in [0.2, 0.25) is 5.02 Å². The van der Waals surface area contributed by atoms with Gasteiger partial charge in [-0.1, -0.05) is 17.7 Å². The highest BCUT2D eigenvalue weighted by Gasteiger charge is 2.27. The molecule has 1 aliphatic heterocycles. The van der Waals surface area contributed by atoms with Gasteiger partial charge in [0.2, 0.25) is 0 Å². The van der Waals surface area contributed by atoms with Crippen molar-refractivity contribution in [3.8, 4) is 0 Å². The average molecular weight is 323 g/mol. The first kappa shape index (κ1) is 17.7. The fraction of sp³-hybridized carbons (Fsp3) is 0.571. The van der Waals surface area contributed by atoms with E-state index in [1.54, 1.807) is 13.2 Å². The molecule has 0 spiro atoms. The molecule has 0 radical (unpaired) electrons. The number of nitrogens with zero attached hydrogens (tertiary/aromatic N) is 1. The van der Waals surface area contributed by atoms with Gasteiger partial charge in [0.1, 0.15) is 5.82 Å². The van der Waals surface area contributed by atoms with Gasteiger partial charge in [-0.2, -0.15) is 0 Å². The summed E-state index contributed by atoms with van der Waals surface area (Å²) in [5.41, 5.74) is 6.75. The minimum absolute atomic E-state index is 0. The summed E-state index contributed by atoms with van der Waals surface area (Å²) in [5.74, 6) is -0.366. The van der Waals surface area contributed by atoms with Crippen LogP contribution in [-0.2, 0) is 11.3 Å². The van der Waals surface area contributed by atoms with E-state index in [0.29, 0.717) is 13.1 Å². The Hall–Kier alpha value is -0.390. The standard InChI is InChI=1S/C14H20ClFN2O.ClH/c1-19-12-4-5-18(11(7-12)8-17)9-10-2-3-13(15)14(16)6-10;/h2-3,6,11-12H,4-5,7-9,17H2,1H3;1H. The van der Waals surface area contributed by atoms with E-state index in [1.165, 1.54) is 6.07 Å². The van der Waals surface area contributed by atoms with Crippen LogP contribution in [0.1, 0.15) is 18.4 Å². The van der Waals surface area contributed by atoms with Crippen molar-refractivity contribution >= 4 is 24.0 Å². The molecule has 1 aromatic carbocycles. The minimum Gasteiger partial charge on any atom is -0.381 e. The topological polar surface area (TPSA) is 38.5 Å². The van der Waals surface area contributed by atoms with Crippen molar-refractivity contribution in [3.63, 3.8) is 0 Å². The Kier molecular flexibility index (Phi) is 7.20. The number of nitrogens with two attached hydrogens (primary N) is 1. The largest absolute Gasteiger partial charge is 0.381 e. The monoisotopic (exact) mass is 322 g/mol. The SMILES string of the molecule is COC1CCN(Cc2ccc(Cl)c(F)c2)C(CN)C1.Cl. The molecular formula is C14H21Cl2FN2O. The average Bonchev–Trinajstić information content (AvgIpc) is 2.43. The normalized spacial score (nSPS) is 23.4. The summed E-state index contributed by atoms with van der Waals surface area (Å²) < 4.78 is 18.8. The maximum absolute atomic E-state index is 13.4. The van der Waals surface area contributed by atoms with Crippen molar-refractivity contribution in [1.29, 1.82) is 0 Å². The second-order valence-electron chi connectivity index (χ2n) is 4.99. The zero-order valence-corrected chi connectivity index (χ0v) is 13.1. The van der Waals surface area contributed by atoms with Crippen molar-refractivity contribution in [1.82, 2.24) is 4.90 Å². The molecule has 1 heterocycles. The van der Waals surface area contributed by atoms with E-state index in [2.05, 4.69) is 4.90 Å². The molecule has 6 heteroatoms. The van der Waals surface area contributed by atoms with E-state index < -0.39 is 0 Å². The quantitative estimate of drug-likeness (QED) is 0.926. The lowest BCUT2D eigenvalue weighted by Crippen LogP contribution is -2.47. The van der Waals surface area contributed by atoms with Crippen LogP contribution in [0.4, 0.5) is 4.39 Å². The van der Waals surface area contributed by atoms with E-state index in [1.807, 2.05) is 6.07 Å². The molecule has 1 fully saturated rings. The third-order valence-electron chi connectivity index (χ3n) is 3.76. The van der Waals surface area contributed by atoms with E-state index in [4.69, 9.17) is 22.1 Å². The van der Waals surface area contributed by atoms with Gasteiger partial charge in [-0.25, -0.2) is 4.39 Å². The van der Waals surface area contributed by atoms with Crippen molar-refractivity contribution in [2.24, 2.45) is 5.73 Å². The summed E-state index contributed by atoms with van der Waals surface area (Å²) in [7, 11) is 1.74. The van der Waals surface area contributed by atoms with E-state index in [0.717, 1.165) is 24.9 Å². The van der Waals surface area contributed by atoms with Gasteiger partial charge in [0, 0.05) is 32.8 Å². The lowest BCUT2D eigenvalue weighted by molar-refractivity contribution is 0.0102. The number of piperidine rings is 1. The molecule has 2 atom stereocenters. The highest BCUT2D eigenvalue weighted by atomic mass is 35.5. The van der Waals surface area contributed by atoms with E-state index in [9.17, 15) is 4.39 Å². The first-order chi connectivity index (χ1) is 9.13. The number of halogens is 3. The molecule has 1 saturated heterocycles. The fourth-order valence-corrected chi connectivity index (χ4v) is 2.72. The molecule has 0 aromatic heterocycles. The van der Waals surface area contributed by atoms with Crippen LogP contribution in [-0.4, -0.2) is 37.2 Å². The molecule has 0 amide bonds. The number of hydrogen-bond acceptors (Lipinski definition) is 3. The molecule has 1 aliphatic rings. The number of ether oxygens (including phenoxy) is 1. The maximum Gasteiger partial charge on any atom is 0.142 e. The summed E-state index contributed by atoms with van der Waals surface area (Å²) in [6.45, 7) is 2.22. The van der Waals surface area contributed by atoms with Crippen molar-refractivity contribution in [3.05, 3.63) is 34.6 Å². The molecule has 2 N–H and O–H groups in total. The summed E-state index contributed by atoms with van der Waals surface area (Å²) in [6.07, 6.45) is 2.21. The predicted octanol–water partition coefficient (Wildman–Crippen LogP) is 2.84. The van der Waals surface area contributed by atoms with Crippen molar-refractivity contribution in [2.45, 2.75) is 31.5 Å². The van der Waals surface area contributed by atoms with Crippen molar-refractivity contribution in [2.75, 3.05) is 20.2 Å². The Morgan fingerprint density at radius 2 is 2.25 bits per heavy atom. The lowest BCUT2D eigenvalue weighted by Gasteiger charge is -2.38. The highest BCUT2D eigenvalue weighted by Crippen LogP contribution is 2.23. The number of rotatable bonds is 4. The van der Waals surface area contributed by atoms with Crippen LogP contribution in [0, 0.1) is 5.82 Å². The molecule has 0 bridgehead atoms. The predicted molar refractivity (Wildman–Crippen MR) is 81.9 cm³/mol. The highest BCUT2D eigenvalue weighted by molar-refractivity contribution is 6.30. The number of hydrogen-bond donors (Lipinski definition) is 1. The summed E-state index contributed by atoms with van der Waals surface area (Å²) in [4.78, 5) is 2.29. The Labute approximate surface area is 130 Å². The summed E-state index contributed by atoms with van der Waals surface area (Å²) >= 11 is 5.69. The molecule has 3 nitrogen and oxygen atoms in total. The second kappa shape index (κ2) is 8.15. The molecule has 0 aliphatic carbocycles. The third-order valence-corrected chi connectivity index (χ3v) is 4.07. The number of benzene rings is 1. The zero-order chi connectivity index (χ0) is 13.8. The first-order valence-electron chi connectivity index (χ1n) is 6.55. The number of likely N-dealkylation sites (tertiary alicyclic amines) is 1. The van der Waals surface area contributed by atoms with Crippen LogP contribution in [0.15, 0.2) is 18.2 Å². The van der Waals surface area contributed by atoms with Crippen LogP contribution < -0.4 is 5.73 Å². The molecule has 20 heavy (non-hydrogen) atoms. The van der Waals surface area contributed by atoms with Gasteiger partial charge in [0.05, 0.1) is 11.1 Å². The van der Waals surface area contributed by atoms with Crippen molar-refractivity contribution < 1.29 is 9.13 Å². The molecular weight excluding hydrogens is 302 g/mol. The maximum atomic E-state index is 13.4. The summed E-state index contributed by atoms with van der Waals surface area (Å²) in [5, 5.41) is 0.164. The van der Waals surface area contributed by atoms with Gasteiger partial charge in [-0.05, 0) is 30.5 Å². The summed E-state index contributed by atoms with van der Waals surface area (Å²) in [6, 6.07) is 5.25. The Morgan fingerprint density at radius 1 is 1.50 bits per heavy atom. The van der Waals surface area contributed by atoms with E-state index >= 15 is 0 Å². The molecule has 2 unspecified atom stereocenters. The van der Waals surface area contributed by atoms with Gasteiger partial charge in [0.25, 0.3) is 0 Å². The van der Waals surface area contributed by atoms with Gasteiger partial charge in [0.15, 0.2) is 0 Å². The Bertz CT molecular complexity index is 434. The van der Waals surface area contributed by atoms with Crippen LogP contribution in [0.25, 0.3) is 0 Å².